The second kappa shape index (κ2) is 10.2. The van der Waals surface area contributed by atoms with Crippen LogP contribution in [0.15, 0.2) is 54.9 Å². The number of hydrogen-bond acceptors (Lipinski definition) is 6. The maximum absolute atomic E-state index is 12.8. The van der Waals surface area contributed by atoms with Crippen LogP contribution in [0, 0.1) is 11.3 Å². The Kier molecular flexibility index (Phi) is 7.13. The van der Waals surface area contributed by atoms with Crippen molar-refractivity contribution in [1.82, 2.24) is 15.3 Å². The van der Waals surface area contributed by atoms with Crippen molar-refractivity contribution in [2.24, 2.45) is 0 Å². The van der Waals surface area contributed by atoms with Crippen LogP contribution in [-0.2, 0) is 4.79 Å². The second-order valence-corrected chi connectivity index (χ2v) is 6.89. The summed E-state index contributed by atoms with van der Waals surface area (Å²) < 4.78 is 16.1. The summed E-state index contributed by atoms with van der Waals surface area (Å²) in [5.74, 6) is 1.23. The number of rotatable bonds is 9. The molecule has 0 saturated carbocycles. The van der Waals surface area contributed by atoms with Crippen LogP contribution < -0.4 is 19.5 Å². The van der Waals surface area contributed by atoms with Gasteiger partial charge in [0, 0.05) is 17.1 Å². The van der Waals surface area contributed by atoms with Crippen molar-refractivity contribution in [2.45, 2.75) is 13.0 Å². The van der Waals surface area contributed by atoms with Crippen LogP contribution in [0.2, 0.25) is 0 Å². The van der Waals surface area contributed by atoms with Crippen molar-refractivity contribution >= 4 is 23.0 Å². The van der Waals surface area contributed by atoms with E-state index in [4.69, 9.17) is 14.2 Å². The van der Waals surface area contributed by atoms with Crippen molar-refractivity contribution < 1.29 is 19.0 Å². The number of pyridine rings is 1. The van der Waals surface area contributed by atoms with Crippen molar-refractivity contribution in [2.75, 3.05) is 20.8 Å². The summed E-state index contributed by atoms with van der Waals surface area (Å²) in [6.45, 7) is 5.80. The number of hydrogen-bond donors (Lipinski definition) is 2. The van der Waals surface area contributed by atoms with Crippen LogP contribution in [-0.4, -0.2) is 36.7 Å². The number of H-pyrrole nitrogens is 1. The van der Waals surface area contributed by atoms with Gasteiger partial charge in [-0.1, -0.05) is 18.7 Å². The fourth-order valence-electron chi connectivity index (χ4n) is 3.14. The Bertz CT molecular complexity index is 1210. The Labute approximate surface area is 186 Å². The van der Waals surface area contributed by atoms with Gasteiger partial charge in [-0.15, -0.1) is 0 Å². The molecule has 2 aromatic heterocycles. The number of fused-ring (bicyclic) bond motifs is 1. The highest BCUT2D eigenvalue weighted by Gasteiger charge is 2.17. The minimum absolute atomic E-state index is 0.0318. The maximum atomic E-state index is 12.8. The molecule has 0 bridgehead atoms. The standard InChI is InChI=1S/C24H24N4O4/c1-5-8-32-19-11-20-18(13-26-23(20)27-14-19)9-17(12-25)24(29)28-15(2)16-6-7-21(30-3)22(10-16)31-4/h5-7,9-11,13-15H,1,8H2,2-4H3,(H,26,27)(H,28,29)/b17-9+. The molecule has 2 heterocycles. The van der Waals surface area contributed by atoms with Gasteiger partial charge in [0.2, 0.25) is 0 Å². The van der Waals surface area contributed by atoms with Gasteiger partial charge in [0.15, 0.2) is 11.5 Å². The Balaban J connectivity index is 1.83. The van der Waals surface area contributed by atoms with Crippen LogP contribution in [0.1, 0.15) is 24.1 Å². The molecule has 1 atom stereocenters. The van der Waals surface area contributed by atoms with Crippen LogP contribution in [0.3, 0.4) is 0 Å². The lowest BCUT2D eigenvalue weighted by Crippen LogP contribution is -2.27. The Morgan fingerprint density at radius 1 is 1.31 bits per heavy atom. The third-order valence-electron chi connectivity index (χ3n) is 4.83. The molecule has 0 radical (unpaired) electrons. The lowest BCUT2D eigenvalue weighted by atomic mass is 10.1. The number of ether oxygens (including phenoxy) is 3. The first-order valence-corrected chi connectivity index (χ1v) is 9.86. The number of carbonyl (C=O) groups is 1. The monoisotopic (exact) mass is 432 g/mol. The van der Waals surface area contributed by atoms with Gasteiger partial charge >= 0.3 is 0 Å². The van der Waals surface area contributed by atoms with E-state index < -0.39 is 5.91 Å². The molecule has 1 aromatic carbocycles. The number of nitriles is 1. The largest absolute Gasteiger partial charge is 0.493 e. The van der Waals surface area contributed by atoms with E-state index in [1.165, 1.54) is 6.08 Å². The van der Waals surface area contributed by atoms with E-state index in [1.807, 2.05) is 19.1 Å². The average molecular weight is 432 g/mol. The maximum Gasteiger partial charge on any atom is 0.262 e. The van der Waals surface area contributed by atoms with Gasteiger partial charge in [0.25, 0.3) is 5.91 Å². The smallest absolute Gasteiger partial charge is 0.262 e. The predicted molar refractivity (Wildman–Crippen MR) is 121 cm³/mol. The molecule has 8 heteroatoms. The molecule has 0 fully saturated rings. The lowest BCUT2D eigenvalue weighted by Gasteiger charge is -2.16. The molecule has 3 rings (SSSR count). The number of nitrogens with one attached hydrogen (secondary N) is 2. The molecule has 8 nitrogen and oxygen atoms in total. The molecule has 0 saturated heterocycles. The van der Waals surface area contributed by atoms with Gasteiger partial charge in [-0.05, 0) is 36.8 Å². The van der Waals surface area contributed by atoms with Crippen molar-refractivity contribution in [3.05, 3.63) is 66.0 Å². The number of methoxy groups -OCH3 is 2. The van der Waals surface area contributed by atoms with Gasteiger partial charge < -0.3 is 24.5 Å². The number of aromatic nitrogens is 2. The highest BCUT2D eigenvalue weighted by Crippen LogP contribution is 2.30. The highest BCUT2D eigenvalue weighted by atomic mass is 16.5. The number of nitrogens with zero attached hydrogens (tertiary/aromatic N) is 2. The normalized spacial score (nSPS) is 12.0. The van der Waals surface area contributed by atoms with Crippen LogP contribution in [0.5, 0.6) is 17.2 Å². The zero-order valence-corrected chi connectivity index (χ0v) is 18.1. The van der Waals surface area contributed by atoms with E-state index in [9.17, 15) is 10.1 Å². The number of amides is 1. The average Bonchev–Trinajstić information content (AvgIpc) is 3.22. The van der Waals surface area contributed by atoms with Gasteiger partial charge in [-0.2, -0.15) is 5.26 Å². The first-order chi connectivity index (χ1) is 15.5. The fourth-order valence-corrected chi connectivity index (χ4v) is 3.14. The van der Waals surface area contributed by atoms with Gasteiger partial charge in [-0.25, -0.2) is 4.98 Å². The zero-order valence-electron chi connectivity index (χ0n) is 18.1. The molecule has 0 aliphatic heterocycles. The highest BCUT2D eigenvalue weighted by molar-refractivity contribution is 6.03. The van der Waals surface area contributed by atoms with Crippen LogP contribution in [0.4, 0.5) is 0 Å². The zero-order chi connectivity index (χ0) is 23.1. The number of carbonyl (C=O) groups excluding carboxylic acids is 1. The topological polar surface area (TPSA) is 109 Å². The summed E-state index contributed by atoms with van der Waals surface area (Å²) >= 11 is 0. The summed E-state index contributed by atoms with van der Waals surface area (Å²) in [6, 6.07) is 8.80. The Morgan fingerprint density at radius 3 is 2.78 bits per heavy atom. The molecule has 164 valence electrons. The minimum atomic E-state index is -0.490. The molecule has 1 unspecified atom stereocenters. The fraction of sp³-hybridized carbons (Fsp3) is 0.208. The molecule has 0 aliphatic rings. The first kappa shape index (κ1) is 22.4. The van der Waals surface area contributed by atoms with Crippen LogP contribution in [0.25, 0.3) is 17.1 Å². The Morgan fingerprint density at radius 2 is 2.09 bits per heavy atom. The SMILES string of the molecule is C=CCOc1cnc2[nH]cc(/C=C(\C#N)C(=O)NC(C)c3ccc(OC)c(OC)c3)c2c1. The molecule has 2 N–H and O–H groups in total. The molecule has 3 aromatic rings. The van der Waals surface area contributed by atoms with Crippen molar-refractivity contribution in [3.8, 4) is 23.3 Å². The summed E-state index contributed by atoms with van der Waals surface area (Å²) in [7, 11) is 3.10. The van der Waals surface area contributed by atoms with Gasteiger partial charge in [0.05, 0.1) is 26.5 Å². The number of aromatic amines is 1. The minimum Gasteiger partial charge on any atom is -0.493 e. The number of benzene rings is 1. The summed E-state index contributed by atoms with van der Waals surface area (Å²) in [5, 5.41) is 13.2. The quantitative estimate of drug-likeness (QED) is 0.301. The van der Waals surface area contributed by atoms with E-state index in [0.29, 0.717) is 35.1 Å². The third kappa shape index (κ3) is 4.90. The van der Waals surface area contributed by atoms with E-state index >= 15 is 0 Å². The Hall–Kier alpha value is -4.25. The van der Waals surface area contributed by atoms with Crippen molar-refractivity contribution in [1.29, 1.82) is 5.26 Å². The lowest BCUT2D eigenvalue weighted by molar-refractivity contribution is -0.117. The molecular formula is C24H24N4O4. The molecular weight excluding hydrogens is 408 g/mol. The molecule has 32 heavy (non-hydrogen) atoms. The summed E-state index contributed by atoms with van der Waals surface area (Å²) in [5.41, 5.74) is 2.06. The van der Waals surface area contributed by atoms with E-state index in [1.54, 1.807) is 50.9 Å². The van der Waals surface area contributed by atoms with E-state index in [-0.39, 0.29) is 11.6 Å². The van der Waals surface area contributed by atoms with E-state index in [0.717, 1.165) is 10.9 Å². The van der Waals surface area contributed by atoms with Gasteiger partial charge in [-0.3, -0.25) is 4.79 Å². The summed E-state index contributed by atoms with van der Waals surface area (Å²) in [6.07, 6.45) is 6.45. The molecule has 0 aliphatic carbocycles. The molecule has 1 amide bonds. The van der Waals surface area contributed by atoms with Crippen molar-refractivity contribution in [3.63, 3.8) is 0 Å². The van der Waals surface area contributed by atoms with Crippen LogP contribution >= 0.6 is 0 Å². The molecule has 0 spiro atoms. The second-order valence-electron chi connectivity index (χ2n) is 6.89. The summed E-state index contributed by atoms with van der Waals surface area (Å²) in [4.78, 5) is 20.1. The first-order valence-electron chi connectivity index (χ1n) is 9.86. The third-order valence-corrected chi connectivity index (χ3v) is 4.83. The van der Waals surface area contributed by atoms with E-state index in [2.05, 4.69) is 21.9 Å². The predicted octanol–water partition coefficient (Wildman–Crippen LogP) is 3.93. The van der Waals surface area contributed by atoms with Gasteiger partial charge in [0.1, 0.15) is 29.6 Å².